The zero-order valence-electron chi connectivity index (χ0n) is 12.4. The number of allylic oxidation sites excluding steroid dienone is 4. The summed E-state index contributed by atoms with van der Waals surface area (Å²) in [5.41, 5.74) is 1.85. The second-order valence-electron chi connectivity index (χ2n) is 5.47. The van der Waals surface area contributed by atoms with Gasteiger partial charge in [-0.05, 0) is 23.8 Å². The van der Waals surface area contributed by atoms with Crippen LogP contribution in [0, 0.1) is 23.2 Å². The average Bonchev–Trinajstić information content (AvgIpc) is 2.76. The first-order valence-electron chi connectivity index (χ1n) is 7.09. The van der Waals surface area contributed by atoms with E-state index in [1.54, 1.807) is 12.0 Å². The van der Waals surface area contributed by atoms with Crippen molar-refractivity contribution in [2.24, 2.45) is 11.8 Å². The van der Waals surface area contributed by atoms with Crippen molar-refractivity contribution in [2.45, 2.75) is 9.78 Å². The molecule has 0 radical (unpaired) electrons. The van der Waals surface area contributed by atoms with Crippen LogP contribution in [0.25, 0.3) is 0 Å². The van der Waals surface area contributed by atoms with E-state index < -0.39 is 3.23 Å². The Bertz CT molecular complexity index is 732. The standard InChI is InChI=1S/C17H14Br2N2O2/c1-23-13-7-5-11(6-8-13)10-21-14-4-2-3-12(9-20)15(14)17(18,19)16(21)22/h2-8,12,15H,10H2,1H3. The van der Waals surface area contributed by atoms with Gasteiger partial charge in [-0.3, -0.25) is 4.79 Å². The summed E-state index contributed by atoms with van der Waals surface area (Å²) in [7, 11) is 1.62. The molecular weight excluding hydrogens is 424 g/mol. The Balaban J connectivity index is 1.92. The third-order valence-electron chi connectivity index (χ3n) is 4.14. The molecule has 1 aliphatic heterocycles. The lowest BCUT2D eigenvalue weighted by atomic mass is 9.86. The Kier molecular flexibility index (Phi) is 4.35. The molecule has 0 saturated carbocycles. The van der Waals surface area contributed by atoms with E-state index in [-0.39, 0.29) is 17.7 Å². The maximum Gasteiger partial charge on any atom is 0.255 e. The first kappa shape index (κ1) is 16.3. The minimum absolute atomic E-state index is 0.0893. The monoisotopic (exact) mass is 436 g/mol. The van der Waals surface area contributed by atoms with E-state index in [0.29, 0.717) is 6.54 Å². The lowest BCUT2D eigenvalue weighted by Crippen LogP contribution is -2.33. The fourth-order valence-electron chi connectivity index (χ4n) is 2.97. The van der Waals surface area contributed by atoms with E-state index in [0.717, 1.165) is 17.0 Å². The predicted molar refractivity (Wildman–Crippen MR) is 93.9 cm³/mol. The van der Waals surface area contributed by atoms with Crippen LogP contribution >= 0.6 is 31.9 Å². The lowest BCUT2D eigenvalue weighted by Gasteiger charge is -2.25. The van der Waals surface area contributed by atoms with Crippen molar-refractivity contribution in [3.63, 3.8) is 0 Å². The van der Waals surface area contributed by atoms with Crippen LogP contribution in [-0.2, 0) is 11.3 Å². The molecular formula is C17H14Br2N2O2. The van der Waals surface area contributed by atoms with E-state index >= 15 is 0 Å². The van der Waals surface area contributed by atoms with E-state index in [1.165, 1.54) is 0 Å². The molecule has 1 aromatic carbocycles. The lowest BCUT2D eigenvalue weighted by molar-refractivity contribution is -0.127. The molecule has 0 bridgehead atoms. The molecule has 0 spiro atoms. The summed E-state index contributed by atoms with van der Waals surface area (Å²) in [4.78, 5) is 14.5. The number of fused-ring (bicyclic) bond motifs is 1. The predicted octanol–water partition coefficient (Wildman–Crippen LogP) is 3.73. The highest BCUT2D eigenvalue weighted by Crippen LogP contribution is 2.53. The summed E-state index contributed by atoms with van der Waals surface area (Å²) in [5, 5.41) is 9.38. The van der Waals surface area contributed by atoms with Gasteiger partial charge in [-0.2, -0.15) is 5.26 Å². The molecule has 4 nitrogen and oxygen atoms in total. The molecule has 23 heavy (non-hydrogen) atoms. The Morgan fingerprint density at radius 3 is 2.65 bits per heavy atom. The number of halogens is 2. The highest BCUT2D eigenvalue weighted by molar-refractivity contribution is 9.26. The summed E-state index contributed by atoms with van der Waals surface area (Å²) in [5.74, 6) is 0.0920. The zero-order chi connectivity index (χ0) is 16.6. The fraction of sp³-hybridized carbons (Fsp3) is 0.294. The Hall–Kier alpha value is -1.58. The van der Waals surface area contributed by atoms with Crippen molar-refractivity contribution >= 4 is 37.8 Å². The second-order valence-corrected chi connectivity index (χ2v) is 9.04. The van der Waals surface area contributed by atoms with Gasteiger partial charge in [0.2, 0.25) is 0 Å². The van der Waals surface area contributed by atoms with Crippen molar-refractivity contribution in [1.82, 2.24) is 4.90 Å². The summed E-state index contributed by atoms with van der Waals surface area (Å²) in [6.45, 7) is 0.454. The van der Waals surface area contributed by atoms with Gasteiger partial charge in [0.1, 0.15) is 5.75 Å². The first-order chi connectivity index (χ1) is 11.0. The molecule has 1 saturated heterocycles. The number of nitriles is 1. The SMILES string of the molecule is COc1ccc(CN2C(=O)C(Br)(Br)C3C2=CC=CC3C#N)cc1. The molecule has 1 amide bonds. The third kappa shape index (κ3) is 2.73. The highest BCUT2D eigenvalue weighted by Gasteiger charge is 2.56. The normalized spacial score (nSPS) is 24.9. The van der Waals surface area contributed by atoms with Crippen molar-refractivity contribution in [1.29, 1.82) is 5.26 Å². The fourth-order valence-corrected chi connectivity index (χ4v) is 4.43. The minimum atomic E-state index is -0.941. The third-order valence-corrected chi connectivity index (χ3v) is 5.81. The molecule has 3 rings (SSSR count). The van der Waals surface area contributed by atoms with Gasteiger partial charge in [0.05, 0.1) is 31.6 Å². The first-order valence-corrected chi connectivity index (χ1v) is 8.68. The minimum Gasteiger partial charge on any atom is -0.497 e. The van der Waals surface area contributed by atoms with Gasteiger partial charge in [-0.15, -0.1) is 0 Å². The second kappa shape index (κ2) is 6.14. The summed E-state index contributed by atoms with van der Waals surface area (Å²) in [6.07, 6.45) is 5.58. The van der Waals surface area contributed by atoms with Gasteiger partial charge in [0.25, 0.3) is 5.91 Å². The molecule has 2 aliphatic rings. The number of benzene rings is 1. The number of methoxy groups -OCH3 is 1. The number of alkyl halides is 2. The molecule has 1 fully saturated rings. The van der Waals surface area contributed by atoms with Crippen LogP contribution in [0.1, 0.15) is 5.56 Å². The van der Waals surface area contributed by atoms with E-state index in [4.69, 9.17) is 4.74 Å². The molecule has 1 aliphatic carbocycles. The number of hydrogen-bond donors (Lipinski definition) is 0. The van der Waals surface area contributed by atoms with Crippen molar-refractivity contribution < 1.29 is 9.53 Å². The molecule has 0 aromatic heterocycles. The van der Waals surface area contributed by atoms with Gasteiger partial charge < -0.3 is 9.64 Å². The number of likely N-dealkylation sites (tertiary alicyclic amines) is 1. The summed E-state index contributed by atoms with van der Waals surface area (Å²) < 4.78 is 4.21. The van der Waals surface area contributed by atoms with Gasteiger partial charge in [0, 0.05) is 5.70 Å². The van der Waals surface area contributed by atoms with Crippen LogP contribution in [-0.4, -0.2) is 21.2 Å². The van der Waals surface area contributed by atoms with Crippen LogP contribution in [0.2, 0.25) is 0 Å². The molecule has 1 heterocycles. The molecule has 6 heteroatoms. The molecule has 2 unspecified atom stereocenters. The quantitative estimate of drug-likeness (QED) is 0.677. The largest absolute Gasteiger partial charge is 0.497 e. The van der Waals surface area contributed by atoms with E-state index in [9.17, 15) is 10.1 Å². The Labute approximate surface area is 151 Å². The van der Waals surface area contributed by atoms with Gasteiger partial charge in [-0.25, -0.2) is 0 Å². The van der Waals surface area contributed by atoms with Crippen LogP contribution < -0.4 is 4.74 Å². The maximum atomic E-state index is 12.8. The van der Waals surface area contributed by atoms with E-state index in [1.807, 2.05) is 42.5 Å². The topological polar surface area (TPSA) is 53.3 Å². The van der Waals surface area contributed by atoms with Crippen LogP contribution in [0.3, 0.4) is 0 Å². The molecule has 118 valence electrons. The number of amides is 1. The number of ether oxygens (including phenoxy) is 1. The Morgan fingerprint density at radius 2 is 2.04 bits per heavy atom. The molecule has 0 N–H and O–H groups in total. The maximum absolute atomic E-state index is 12.8. The van der Waals surface area contributed by atoms with Gasteiger partial charge >= 0.3 is 0 Å². The average molecular weight is 438 g/mol. The van der Waals surface area contributed by atoms with Crippen molar-refractivity contribution in [3.8, 4) is 11.8 Å². The van der Waals surface area contributed by atoms with Crippen molar-refractivity contribution in [3.05, 3.63) is 53.8 Å². The van der Waals surface area contributed by atoms with Gasteiger partial charge in [-0.1, -0.05) is 56.1 Å². The summed E-state index contributed by atoms with van der Waals surface area (Å²) in [6, 6.07) is 9.88. The number of hydrogen-bond acceptors (Lipinski definition) is 3. The summed E-state index contributed by atoms with van der Waals surface area (Å²) >= 11 is 6.97. The van der Waals surface area contributed by atoms with Gasteiger partial charge in [0.15, 0.2) is 3.23 Å². The number of carbonyl (C=O) groups excluding carboxylic acids is 1. The number of rotatable bonds is 3. The van der Waals surface area contributed by atoms with Crippen molar-refractivity contribution in [2.75, 3.05) is 7.11 Å². The van der Waals surface area contributed by atoms with Crippen LogP contribution in [0.5, 0.6) is 5.75 Å². The van der Waals surface area contributed by atoms with Crippen LogP contribution in [0.15, 0.2) is 48.2 Å². The smallest absolute Gasteiger partial charge is 0.255 e. The van der Waals surface area contributed by atoms with Crippen LogP contribution in [0.4, 0.5) is 0 Å². The highest BCUT2D eigenvalue weighted by atomic mass is 79.9. The number of carbonyl (C=O) groups is 1. The molecule has 2 atom stereocenters. The number of nitrogens with zero attached hydrogens (tertiary/aromatic N) is 2. The zero-order valence-corrected chi connectivity index (χ0v) is 15.5. The van der Waals surface area contributed by atoms with E-state index in [2.05, 4.69) is 37.9 Å². The molecule has 1 aromatic rings. The Morgan fingerprint density at radius 1 is 1.35 bits per heavy atom.